The minimum atomic E-state index is -0.686. The largest absolute Gasteiger partial charge is 0.503 e. The van der Waals surface area contributed by atoms with Crippen LogP contribution in [-0.4, -0.2) is 59.9 Å². The summed E-state index contributed by atoms with van der Waals surface area (Å²) < 4.78 is 10.9. The molecule has 0 aliphatic carbocycles. The number of carbonyl (C=O) groups excluding carboxylic acids is 2. The molecule has 0 fully saturated rings. The molecule has 1 atom stereocenters. The lowest BCUT2D eigenvalue weighted by Crippen LogP contribution is -2.36. The van der Waals surface area contributed by atoms with Gasteiger partial charge >= 0.3 is 0 Å². The van der Waals surface area contributed by atoms with Crippen LogP contribution < -0.4 is 4.74 Å². The number of furan rings is 1. The fourth-order valence-corrected chi connectivity index (χ4v) is 3.42. The molecule has 7 nitrogen and oxygen atoms in total. The summed E-state index contributed by atoms with van der Waals surface area (Å²) in [7, 11) is 3.80. The van der Waals surface area contributed by atoms with Crippen LogP contribution in [0.1, 0.15) is 31.2 Å². The van der Waals surface area contributed by atoms with E-state index in [1.165, 1.54) is 23.3 Å². The van der Waals surface area contributed by atoms with Crippen LogP contribution in [0.5, 0.6) is 5.75 Å². The molecule has 1 aromatic carbocycles. The number of hydrogen-bond acceptors (Lipinski definition) is 6. The number of aliphatic hydroxyl groups is 1. The lowest BCUT2D eigenvalue weighted by molar-refractivity contribution is -0.129. The molecule has 0 saturated carbocycles. The smallest absolute Gasteiger partial charge is 0.290 e. The number of benzene rings is 1. The Morgan fingerprint density at radius 1 is 1.26 bits per heavy atom. The molecular weight excluding hydrogens is 396 g/mol. The van der Waals surface area contributed by atoms with Crippen LogP contribution in [0.4, 0.5) is 0 Å². The summed E-state index contributed by atoms with van der Waals surface area (Å²) in [5.74, 6) is -0.303. The summed E-state index contributed by atoms with van der Waals surface area (Å²) in [5.41, 5.74) is 0.783. The minimum absolute atomic E-state index is 0.0308. The van der Waals surface area contributed by atoms with Crippen molar-refractivity contribution < 1.29 is 23.8 Å². The van der Waals surface area contributed by atoms with Crippen LogP contribution in [0.25, 0.3) is 6.08 Å². The highest BCUT2D eigenvalue weighted by molar-refractivity contribution is 6.14. The average molecular weight is 424 g/mol. The normalized spacial score (nSPS) is 16.9. The number of aliphatic hydroxyl groups excluding tert-OH is 1. The first kappa shape index (κ1) is 22.4. The van der Waals surface area contributed by atoms with Crippen molar-refractivity contribution in [1.82, 2.24) is 9.80 Å². The number of allylic oxidation sites excluding steroid dienone is 1. The summed E-state index contributed by atoms with van der Waals surface area (Å²) in [6.07, 6.45) is 4.37. The van der Waals surface area contributed by atoms with Crippen molar-refractivity contribution in [3.05, 3.63) is 71.4 Å². The number of nitrogens with zero attached hydrogens (tertiary/aromatic N) is 2. The predicted octanol–water partition coefficient (Wildman–Crippen LogP) is 3.61. The minimum Gasteiger partial charge on any atom is -0.503 e. The molecule has 0 spiro atoms. The number of ether oxygens (including phenoxy) is 1. The fourth-order valence-electron chi connectivity index (χ4n) is 3.42. The molecule has 31 heavy (non-hydrogen) atoms. The molecule has 2 aromatic rings. The Balaban J connectivity index is 1.95. The van der Waals surface area contributed by atoms with Gasteiger partial charge in [-0.1, -0.05) is 12.1 Å². The van der Waals surface area contributed by atoms with Crippen LogP contribution in [-0.2, 0) is 9.59 Å². The highest BCUT2D eigenvalue weighted by Gasteiger charge is 2.42. The Hall–Kier alpha value is -3.32. The van der Waals surface area contributed by atoms with Crippen molar-refractivity contribution in [2.24, 2.45) is 0 Å². The van der Waals surface area contributed by atoms with E-state index in [-0.39, 0.29) is 11.7 Å². The summed E-state index contributed by atoms with van der Waals surface area (Å²) in [5, 5.41) is 10.6. The van der Waals surface area contributed by atoms with Gasteiger partial charge in [-0.2, -0.15) is 0 Å². The number of hydrogen-bond donors (Lipinski definition) is 1. The molecule has 0 saturated heterocycles. The van der Waals surface area contributed by atoms with Gasteiger partial charge in [-0.15, -0.1) is 0 Å². The molecule has 2 heterocycles. The number of ketones is 1. The second-order valence-corrected chi connectivity index (χ2v) is 7.92. The van der Waals surface area contributed by atoms with Crippen LogP contribution in [0.2, 0.25) is 0 Å². The van der Waals surface area contributed by atoms with Gasteiger partial charge in [0.05, 0.1) is 24.0 Å². The zero-order chi connectivity index (χ0) is 22.5. The van der Waals surface area contributed by atoms with Gasteiger partial charge in [-0.3, -0.25) is 9.59 Å². The third-order valence-corrected chi connectivity index (χ3v) is 4.87. The van der Waals surface area contributed by atoms with Gasteiger partial charge in [0.1, 0.15) is 11.5 Å². The van der Waals surface area contributed by atoms with E-state index in [1.807, 2.05) is 45.0 Å². The zero-order valence-electron chi connectivity index (χ0n) is 18.2. The molecule has 1 amide bonds. The Kier molecular flexibility index (Phi) is 6.97. The van der Waals surface area contributed by atoms with E-state index < -0.39 is 23.5 Å². The maximum absolute atomic E-state index is 13.0. The first-order valence-corrected chi connectivity index (χ1v) is 10.2. The van der Waals surface area contributed by atoms with Crippen molar-refractivity contribution in [3.8, 4) is 5.75 Å². The van der Waals surface area contributed by atoms with Crippen molar-refractivity contribution >= 4 is 17.8 Å². The third-order valence-electron chi connectivity index (χ3n) is 4.87. The molecule has 0 bridgehead atoms. The van der Waals surface area contributed by atoms with E-state index in [1.54, 1.807) is 24.3 Å². The Morgan fingerprint density at radius 2 is 1.97 bits per heavy atom. The molecule has 1 aliphatic rings. The molecule has 164 valence electrons. The van der Waals surface area contributed by atoms with Crippen molar-refractivity contribution in [1.29, 1.82) is 0 Å². The molecule has 1 N–H and O–H groups in total. The number of rotatable bonds is 9. The number of carbonyl (C=O) groups is 2. The Labute approximate surface area is 182 Å². The second-order valence-electron chi connectivity index (χ2n) is 7.92. The molecule has 1 aliphatic heterocycles. The summed E-state index contributed by atoms with van der Waals surface area (Å²) in [6.45, 7) is 4.84. The predicted molar refractivity (Wildman–Crippen MR) is 118 cm³/mol. The second kappa shape index (κ2) is 9.66. The van der Waals surface area contributed by atoms with E-state index in [0.717, 1.165) is 5.56 Å². The summed E-state index contributed by atoms with van der Waals surface area (Å²) in [6, 6.07) is 9.99. The Bertz CT molecular complexity index is 972. The number of likely N-dealkylation sites (N-methyl/N-ethyl adjacent to an activating group) is 1. The summed E-state index contributed by atoms with van der Waals surface area (Å²) in [4.78, 5) is 29.3. The van der Waals surface area contributed by atoms with Crippen LogP contribution in [0, 0.1) is 0 Å². The zero-order valence-corrected chi connectivity index (χ0v) is 18.2. The van der Waals surface area contributed by atoms with Gasteiger partial charge in [0.15, 0.2) is 11.5 Å². The molecule has 3 rings (SSSR count). The third kappa shape index (κ3) is 5.24. The maximum atomic E-state index is 13.0. The first-order valence-electron chi connectivity index (χ1n) is 10.2. The standard InChI is InChI=1S/C24H28N2O5/c1-16(2)31-19-9-7-17(8-10-19)22-21(20(27)12-11-18-6-5-15-30-18)23(28)24(29)26(22)14-13-25(3)4/h5-12,15-16,22,28H,13-14H2,1-4H3/b12-11+. The van der Waals surface area contributed by atoms with Gasteiger partial charge in [-0.05, 0) is 69.9 Å². The fraction of sp³-hybridized carbons (Fsp3) is 0.333. The lowest BCUT2D eigenvalue weighted by Gasteiger charge is -2.28. The highest BCUT2D eigenvalue weighted by Crippen LogP contribution is 2.38. The monoisotopic (exact) mass is 424 g/mol. The highest BCUT2D eigenvalue weighted by atomic mass is 16.5. The molecule has 1 unspecified atom stereocenters. The van der Waals surface area contributed by atoms with E-state index in [4.69, 9.17) is 9.15 Å². The SMILES string of the molecule is CC(C)Oc1ccc(C2C(C(=O)/C=C/c3ccco3)=C(O)C(=O)N2CCN(C)C)cc1. The van der Waals surface area contributed by atoms with Crippen LogP contribution in [0.3, 0.4) is 0 Å². The van der Waals surface area contributed by atoms with Crippen LogP contribution >= 0.6 is 0 Å². The topological polar surface area (TPSA) is 83.2 Å². The van der Waals surface area contributed by atoms with E-state index in [0.29, 0.717) is 24.6 Å². The first-order chi connectivity index (χ1) is 14.8. The molecular formula is C24H28N2O5. The maximum Gasteiger partial charge on any atom is 0.290 e. The van der Waals surface area contributed by atoms with Gasteiger partial charge in [0.2, 0.25) is 0 Å². The molecule has 1 aromatic heterocycles. The van der Waals surface area contributed by atoms with Gasteiger partial charge in [0.25, 0.3) is 5.91 Å². The van der Waals surface area contributed by atoms with Crippen LogP contribution in [0.15, 0.2) is 64.5 Å². The van der Waals surface area contributed by atoms with Crippen molar-refractivity contribution in [2.75, 3.05) is 27.2 Å². The average Bonchev–Trinajstić information content (AvgIpc) is 3.32. The van der Waals surface area contributed by atoms with Crippen molar-refractivity contribution in [3.63, 3.8) is 0 Å². The van der Waals surface area contributed by atoms with Gasteiger partial charge in [-0.25, -0.2) is 0 Å². The van der Waals surface area contributed by atoms with E-state index >= 15 is 0 Å². The number of amides is 1. The van der Waals surface area contributed by atoms with Gasteiger partial charge < -0.3 is 24.1 Å². The quantitative estimate of drug-likeness (QED) is 0.619. The summed E-state index contributed by atoms with van der Waals surface area (Å²) >= 11 is 0. The van der Waals surface area contributed by atoms with Crippen molar-refractivity contribution in [2.45, 2.75) is 26.0 Å². The van der Waals surface area contributed by atoms with E-state index in [9.17, 15) is 14.7 Å². The molecule has 0 radical (unpaired) electrons. The van der Waals surface area contributed by atoms with E-state index in [2.05, 4.69) is 0 Å². The lowest BCUT2D eigenvalue weighted by atomic mass is 9.95. The Morgan fingerprint density at radius 3 is 2.55 bits per heavy atom. The molecule has 7 heteroatoms. The van der Waals surface area contributed by atoms with Gasteiger partial charge in [0, 0.05) is 13.1 Å².